The topological polar surface area (TPSA) is 87.9 Å². The van der Waals surface area contributed by atoms with Crippen LogP contribution in [-0.2, 0) is 9.59 Å². The molecule has 220 valence electrons. The first kappa shape index (κ1) is 29.9. The highest BCUT2D eigenvalue weighted by Crippen LogP contribution is 2.36. The van der Waals surface area contributed by atoms with Gasteiger partial charge in [-0.1, -0.05) is 41.4 Å². The number of carbonyl (C=O) groups is 3. The number of benzene rings is 2. The molecule has 3 amide bonds. The van der Waals surface area contributed by atoms with Crippen molar-refractivity contribution in [2.75, 3.05) is 33.2 Å². The molecule has 0 saturated carbocycles. The highest BCUT2D eigenvalue weighted by molar-refractivity contribution is 6.42. The molecule has 8 nitrogen and oxygen atoms in total. The van der Waals surface area contributed by atoms with E-state index in [0.717, 1.165) is 21.4 Å². The number of hydrogen-bond donors (Lipinski definition) is 0. The van der Waals surface area contributed by atoms with Crippen LogP contribution in [0.15, 0.2) is 67.0 Å². The monoisotopic (exact) mass is 608 g/mol. The number of pyridine rings is 1. The van der Waals surface area contributed by atoms with Gasteiger partial charge in [0.25, 0.3) is 5.91 Å². The fourth-order valence-electron chi connectivity index (χ4n) is 6.14. The molecule has 42 heavy (non-hydrogen) atoms. The Balaban J connectivity index is 1.34. The average molecular weight is 610 g/mol. The maximum Gasteiger partial charge on any atom is 0.253 e. The number of carbonyl (C=O) groups excluding carboxylic acids is 3. The van der Waals surface area contributed by atoms with Crippen LogP contribution in [0.4, 0.5) is 0 Å². The third-order valence-corrected chi connectivity index (χ3v) is 9.37. The van der Waals surface area contributed by atoms with E-state index in [1.165, 1.54) is 12.4 Å². The molecular formula is C32H34Cl2N4O4. The Labute approximate surface area is 256 Å². The normalized spacial score (nSPS) is 19.4. The van der Waals surface area contributed by atoms with E-state index in [0.29, 0.717) is 61.1 Å². The Hall–Kier alpha value is -3.62. The van der Waals surface area contributed by atoms with Crippen LogP contribution in [0, 0.1) is 11.1 Å². The predicted octanol–water partition coefficient (Wildman–Crippen LogP) is 5.01. The largest absolute Gasteiger partial charge is 0.619 e. The summed E-state index contributed by atoms with van der Waals surface area (Å²) >= 11 is 12.6. The molecule has 0 aliphatic carbocycles. The van der Waals surface area contributed by atoms with Crippen molar-refractivity contribution in [2.24, 2.45) is 5.92 Å². The van der Waals surface area contributed by atoms with E-state index in [-0.39, 0.29) is 35.6 Å². The second-order valence-electron chi connectivity index (χ2n) is 11.1. The first-order valence-corrected chi connectivity index (χ1v) is 14.9. The molecule has 5 rings (SSSR count). The van der Waals surface area contributed by atoms with E-state index in [2.05, 4.69) is 0 Å². The molecule has 0 N–H and O–H groups in total. The molecule has 3 heterocycles. The van der Waals surface area contributed by atoms with Gasteiger partial charge in [-0.2, -0.15) is 4.73 Å². The number of halogens is 2. The number of likely N-dealkylation sites (tertiary alicyclic amines) is 2. The Kier molecular flexibility index (Phi) is 9.04. The van der Waals surface area contributed by atoms with Gasteiger partial charge in [0.2, 0.25) is 11.8 Å². The summed E-state index contributed by atoms with van der Waals surface area (Å²) in [5, 5.41) is 12.3. The van der Waals surface area contributed by atoms with Gasteiger partial charge < -0.3 is 19.9 Å². The van der Waals surface area contributed by atoms with Crippen molar-refractivity contribution in [3.05, 3.63) is 93.4 Å². The van der Waals surface area contributed by atoms with Gasteiger partial charge in [0.05, 0.1) is 10.0 Å². The second-order valence-corrected chi connectivity index (χ2v) is 12.0. The van der Waals surface area contributed by atoms with E-state index >= 15 is 0 Å². The summed E-state index contributed by atoms with van der Waals surface area (Å²) < 4.78 is 0.733. The number of piperidine rings is 2. The fourth-order valence-corrected chi connectivity index (χ4v) is 6.44. The van der Waals surface area contributed by atoms with Gasteiger partial charge in [-0.05, 0) is 60.2 Å². The van der Waals surface area contributed by atoms with E-state index in [1.807, 2.05) is 36.2 Å². The Morgan fingerprint density at radius 2 is 1.48 bits per heavy atom. The molecule has 2 fully saturated rings. The zero-order chi connectivity index (χ0) is 30.0. The molecule has 2 aliphatic rings. The summed E-state index contributed by atoms with van der Waals surface area (Å²) in [5.41, 5.74) is 3.27. The van der Waals surface area contributed by atoms with Crippen molar-refractivity contribution in [3.63, 3.8) is 0 Å². The van der Waals surface area contributed by atoms with Crippen LogP contribution in [0.25, 0.3) is 11.1 Å². The van der Waals surface area contributed by atoms with Gasteiger partial charge in [0, 0.05) is 75.7 Å². The summed E-state index contributed by atoms with van der Waals surface area (Å²) in [5.74, 6) is -0.243. The highest BCUT2D eigenvalue weighted by atomic mass is 35.5. The number of amides is 3. The average Bonchev–Trinajstić information content (AvgIpc) is 3.01. The highest BCUT2D eigenvalue weighted by Gasteiger charge is 2.39. The zero-order valence-corrected chi connectivity index (χ0v) is 25.2. The molecule has 2 aromatic carbocycles. The fraction of sp³-hybridized carbons (Fsp3) is 0.375. The maximum absolute atomic E-state index is 13.7. The van der Waals surface area contributed by atoms with Crippen molar-refractivity contribution >= 4 is 40.9 Å². The van der Waals surface area contributed by atoms with Crippen LogP contribution >= 0.6 is 23.2 Å². The lowest BCUT2D eigenvalue weighted by Gasteiger charge is -2.44. The molecule has 10 heteroatoms. The van der Waals surface area contributed by atoms with Gasteiger partial charge >= 0.3 is 0 Å². The number of aromatic nitrogens is 1. The van der Waals surface area contributed by atoms with E-state index < -0.39 is 0 Å². The summed E-state index contributed by atoms with van der Waals surface area (Å²) in [6.07, 6.45) is 4.81. The predicted molar refractivity (Wildman–Crippen MR) is 162 cm³/mol. The van der Waals surface area contributed by atoms with Crippen molar-refractivity contribution in [2.45, 2.75) is 38.1 Å². The lowest BCUT2D eigenvalue weighted by atomic mass is 9.83. The van der Waals surface area contributed by atoms with Crippen LogP contribution in [0.1, 0.15) is 48.0 Å². The molecule has 0 bridgehead atoms. The quantitative estimate of drug-likeness (QED) is 0.301. The molecule has 0 radical (unpaired) electrons. The third kappa shape index (κ3) is 6.40. The minimum atomic E-state index is -0.167. The SMILES string of the molecule is CC(=O)N1CCC(C(=O)N2CC[C@@H](N(C)C(=O)c3ccc(-c4cc[n+]([O-])cc4)cc3)[C@H](c3ccc(Cl)c(Cl)c3)C2)CC1. The minimum Gasteiger partial charge on any atom is -0.619 e. The summed E-state index contributed by atoms with van der Waals surface area (Å²) in [6, 6.07) is 16.2. The van der Waals surface area contributed by atoms with Gasteiger partial charge in [0.15, 0.2) is 12.4 Å². The molecule has 1 aromatic heterocycles. The Morgan fingerprint density at radius 1 is 0.857 bits per heavy atom. The number of rotatable bonds is 5. The van der Waals surface area contributed by atoms with E-state index in [4.69, 9.17) is 23.2 Å². The van der Waals surface area contributed by atoms with Crippen LogP contribution in [0.3, 0.4) is 0 Å². The van der Waals surface area contributed by atoms with E-state index in [9.17, 15) is 19.6 Å². The Morgan fingerprint density at radius 3 is 2.10 bits per heavy atom. The van der Waals surface area contributed by atoms with Crippen LogP contribution in [0.5, 0.6) is 0 Å². The summed E-state index contributed by atoms with van der Waals surface area (Å²) in [6.45, 7) is 3.75. The smallest absolute Gasteiger partial charge is 0.253 e. The molecule has 2 aliphatic heterocycles. The molecule has 0 unspecified atom stereocenters. The molecule has 2 atom stereocenters. The van der Waals surface area contributed by atoms with Gasteiger partial charge in [0.1, 0.15) is 0 Å². The standard InChI is InChI=1S/C32H34Cl2N4O4/c1-21(39)36-14-9-25(10-15-36)32(41)37-16-13-30(27(20-37)26-7-8-28(33)29(34)19-26)35(2)31(40)24-5-3-22(4-6-24)23-11-17-38(42)18-12-23/h3-8,11-12,17-19,25,27,30H,9-10,13-16,20H2,1-2H3/t27-,30+/m0/s1. The van der Waals surface area contributed by atoms with Gasteiger partial charge in [-0.3, -0.25) is 14.4 Å². The van der Waals surface area contributed by atoms with E-state index in [1.54, 1.807) is 47.1 Å². The molecular weight excluding hydrogens is 575 g/mol. The first-order valence-electron chi connectivity index (χ1n) is 14.2. The lowest BCUT2D eigenvalue weighted by Crippen LogP contribution is -2.53. The minimum absolute atomic E-state index is 0.0424. The summed E-state index contributed by atoms with van der Waals surface area (Å²) in [4.78, 5) is 44.5. The van der Waals surface area contributed by atoms with Crippen LogP contribution in [-0.4, -0.2) is 71.7 Å². The maximum atomic E-state index is 13.7. The lowest BCUT2D eigenvalue weighted by molar-refractivity contribution is -0.605. The van der Waals surface area contributed by atoms with Crippen molar-refractivity contribution in [1.29, 1.82) is 0 Å². The number of nitrogens with zero attached hydrogens (tertiary/aromatic N) is 4. The van der Waals surface area contributed by atoms with Crippen molar-refractivity contribution < 1.29 is 19.1 Å². The van der Waals surface area contributed by atoms with Gasteiger partial charge in [-0.15, -0.1) is 0 Å². The molecule has 2 saturated heterocycles. The molecule has 3 aromatic rings. The van der Waals surface area contributed by atoms with Crippen LogP contribution < -0.4 is 4.73 Å². The first-order chi connectivity index (χ1) is 20.1. The summed E-state index contributed by atoms with van der Waals surface area (Å²) in [7, 11) is 1.81. The number of likely N-dealkylation sites (N-methyl/N-ethyl adjacent to an activating group) is 1. The van der Waals surface area contributed by atoms with Crippen LogP contribution in [0.2, 0.25) is 10.0 Å². The Bertz CT molecular complexity index is 1460. The third-order valence-electron chi connectivity index (χ3n) is 8.63. The van der Waals surface area contributed by atoms with Gasteiger partial charge in [-0.25, -0.2) is 0 Å². The second kappa shape index (κ2) is 12.7. The zero-order valence-electron chi connectivity index (χ0n) is 23.7. The molecule has 0 spiro atoms. The van der Waals surface area contributed by atoms with Crippen molar-refractivity contribution in [3.8, 4) is 11.1 Å². The van der Waals surface area contributed by atoms with Crippen molar-refractivity contribution in [1.82, 2.24) is 14.7 Å². The number of hydrogen-bond acceptors (Lipinski definition) is 4.